The highest BCUT2D eigenvalue weighted by molar-refractivity contribution is 5.24. The van der Waals surface area contributed by atoms with Crippen LogP contribution in [0, 0.1) is 5.82 Å². The van der Waals surface area contributed by atoms with Gasteiger partial charge in [-0.15, -0.1) is 0 Å². The molecule has 0 aliphatic carbocycles. The van der Waals surface area contributed by atoms with E-state index in [2.05, 4.69) is 0 Å². The molecule has 2 rings (SSSR count). The van der Waals surface area contributed by atoms with Crippen molar-refractivity contribution in [2.75, 3.05) is 0 Å². The average Bonchev–Trinajstić information content (AvgIpc) is 2.31. The molecule has 1 atom stereocenters. The van der Waals surface area contributed by atoms with Gasteiger partial charge in [-0.05, 0) is 18.1 Å². The summed E-state index contributed by atoms with van der Waals surface area (Å²) in [4.78, 5) is 0. The van der Waals surface area contributed by atoms with Crippen LogP contribution in [0.1, 0.15) is 17.2 Å². The van der Waals surface area contributed by atoms with Crippen LogP contribution in [0.2, 0.25) is 0 Å². The Morgan fingerprint density at radius 2 is 1.56 bits per heavy atom. The van der Waals surface area contributed by atoms with Crippen molar-refractivity contribution >= 4 is 0 Å². The number of rotatable bonds is 3. The molecule has 0 aromatic heterocycles. The minimum atomic E-state index is -0.288. The zero-order valence-corrected chi connectivity index (χ0v) is 8.94. The van der Waals surface area contributed by atoms with Crippen molar-refractivity contribution in [1.82, 2.24) is 0 Å². The maximum absolute atomic E-state index is 13.5. The number of nitrogens with two attached hydrogens (primary N) is 1. The van der Waals surface area contributed by atoms with E-state index < -0.39 is 0 Å². The molecule has 16 heavy (non-hydrogen) atoms. The van der Waals surface area contributed by atoms with Crippen molar-refractivity contribution in [3.63, 3.8) is 0 Å². The van der Waals surface area contributed by atoms with E-state index in [1.165, 1.54) is 6.07 Å². The molecule has 0 spiro atoms. The molecule has 0 bridgehead atoms. The molecule has 0 heterocycles. The first-order valence-corrected chi connectivity index (χ1v) is 5.31. The lowest BCUT2D eigenvalue weighted by molar-refractivity contribution is 0.580. The third-order valence-corrected chi connectivity index (χ3v) is 2.60. The first-order chi connectivity index (χ1) is 7.77. The minimum absolute atomic E-state index is 0.231. The molecule has 1 nitrogen and oxygen atoms in total. The third kappa shape index (κ3) is 2.47. The SMILES string of the molecule is N[C@H](Cc1ccccc1)c1ccccc1F. The molecule has 2 aromatic carbocycles. The largest absolute Gasteiger partial charge is 0.324 e. The van der Waals surface area contributed by atoms with Gasteiger partial charge in [0.15, 0.2) is 0 Å². The Kier molecular flexibility index (Phi) is 3.32. The van der Waals surface area contributed by atoms with Gasteiger partial charge in [-0.25, -0.2) is 4.39 Å². The van der Waals surface area contributed by atoms with Crippen LogP contribution in [0.5, 0.6) is 0 Å². The molecule has 0 fully saturated rings. The predicted octanol–water partition coefficient (Wildman–Crippen LogP) is 3.07. The van der Waals surface area contributed by atoms with Gasteiger partial charge in [0.25, 0.3) is 0 Å². The Bertz CT molecular complexity index is 453. The Balaban J connectivity index is 2.15. The number of benzene rings is 2. The second kappa shape index (κ2) is 4.90. The van der Waals surface area contributed by atoms with Crippen LogP contribution in [0.3, 0.4) is 0 Å². The van der Waals surface area contributed by atoms with Crippen LogP contribution < -0.4 is 5.73 Å². The summed E-state index contributed by atoms with van der Waals surface area (Å²) in [6.45, 7) is 0. The van der Waals surface area contributed by atoms with Crippen molar-refractivity contribution in [2.45, 2.75) is 12.5 Å². The molecule has 0 aliphatic heterocycles. The lowest BCUT2D eigenvalue weighted by Crippen LogP contribution is -2.14. The first-order valence-electron chi connectivity index (χ1n) is 5.31. The molecule has 0 unspecified atom stereocenters. The lowest BCUT2D eigenvalue weighted by Gasteiger charge is -2.12. The Hall–Kier alpha value is -1.67. The van der Waals surface area contributed by atoms with Crippen LogP contribution in [0.4, 0.5) is 4.39 Å². The first kappa shape index (κ1) is 10.8. The molecular formula is C14H14FN. The van der Waals surface area contributed by atoms with Gasteiger partial charge in [-0.3, -0.25) is 0 Å². The summed E-state index contributed by atoms with van der Waals surface area (Å²) in [5.41, 5.74) is 7.69. The number of hydrogen-bond donors (Lipinski definition) is 1. The van der Waals surface area contributed by atoms with E-state index in [1.807, 2.05) is 36.4 Å². The van der Waals surface area contributed by atoms with Crippen LogP contribution in [0.15, 0.2) is 54.6 Å². The van der Waals surface area contributed by atoms with E-state index in [9.17, 15) is 4.39 Å². The molecule has 82 valence electrons. The number of halogens is 1. The van der Waals surface area contributed by atoms with E-state index in [4.69, 9.17) is 5.73 Å². The van der Waals surface area contributed by atoms with Crippen molar-refractivity contribution in [3.05, 3.63) is 71.5 Å². The fraction of sp³-hybridized carbons (Fsp3) is 0.143. The molecule has 0 aliphatic rings. The fourth-order valence-electron chi connectivity index (χ4n) is 1.75. The molecule has 0 amide bonds. The summed E-state index contributed by atoms with van der Waals surface area (Å²) in [6, 6.07) is 16.3. The quantitative estimate of drug-likeness (QED) is 0.836. The van der Waals surface area contributed by atoms with Crippen LogP contribution >= 0.6 is 0 Å². The zero-order chi connectivity index (χ0) is 11.4. The van der Waals surface area contributed by atoms with Gasteiger partial charge in [0.1, 0.15) is 5.82 Å². The topological polar surface area (TPSA) is 26.0 Å². The summed E-state index contributed by atoms with van der Waals surface area (Å²) in [5, 5.41) is 0. The maximum Gasteiger partial charge on any atom is 0.127 e. The molecular weight excluding hydrogens is 201 g/mol. The summed E-state index contributed by atoms with van der Waals surface area (Å²) < 4.78 is 13.5. The normalized spacial score (nSPS) is 12.4. The maximum atomic E-state index is 13.5. The summed E-state index contributed by atoms with van der Waals surface area (Å²) in [7, 11) is 0. The highest BCUT2D eigenvalue weighted by atomic mass is 19.1. The monoisotopic (exact) mass is 215 g/mol. The molecule has 2 aromatic rings. The molecule has 2 N–H and O–H groups in total. The lowest BCUT2D eigenvalue weighted by atomic mass is 9.99. The van der Waals surface area contributed by atoms with Gasteiger partial charge >= 0.3 is 0 Å². The molecule has 0 saturated heterocycles. The second-order valence-electron chi connectivity index (χ2n) is 3.82. The predicted molar refractivity (Wildman–Crippen MR) is 63.5 cm³/mol. The van der Waals surface area contributed by atoms with Gasteiger partial charge in [-0.1, -0.05) is 48.5 Å². The second-order valence-corrected chi connectivity index (χ2v) is 3.82. The highest BCUT2D eigenvalue weighted by Crippen LogP contribution is 2.18. The minimum Gasteiger partial charge on any atom is -0.324 e. The van der Waals surface area contributed by atoms with Gasteiger partial charge in [0.2, 0.25) is 0 Å². The van der Waals surface area contributed by atoms with Crippen molar-refractivity contribution in [2.24, 2.45) is 5.73 Å². The summed E-state index contributed by atoms with van der Waals surface area (Å²) >= 11 is 0. The molecule has 2 heteroatoms. The Labute approximate surface area is 94.7 Å². The van der Waals surface area contributed by atoms with E-state index in [1.54, 1.807) is 12.1 Å². The van der Waals surface area contributed by atoms with Crippen molar-refractivity contribution in [3.8, 4) is 0 Å². The van der Waals surface area contributed by atoms with Gasteiger partial charge in [0.05, 0.1) is 0 Å². The molecule has 0 radical (unpaired) electrons. The van der Waals surface area contributed by atoms with Crippen molar-refractivity contribution in [1.29, 1.82) is 0 Å². The average molecular weight is 215 g/mol. The zero-order valence-electron chi connectivity index (χ0n) is 8.94. The standard InChI is InChI=1S/C14H14FN/c15-13-9-5-4-8-12(13)14(16)10-11-6-2-1-3-7-11/h1-9,14H,10,16H2/t14-/m1/s1. The third-order valence-electron chi connectivity index (χ3n) is 2.60. The van der Waals surface area contributed by atoms with E-state index in [0.29, 0.717) is 12.0 Å². The van der Waals surface area contributed by atoms with Crippen LogP contribution in [0.25, 0.3) is 0 Å². The molecule has 0 saturated carbocycles. The van der Waals surface area contributed by atoms with Gasteiger partial charge in [-0.2, -0.15) is 0 Å². The van der Waals surface area contributed by atoms with E-state index in [0.717, 1.165) is 5.56 Å². The number of hydrogen-bond acceptors (Lipinski definition) is 1. The highest BCUT2D eigenvalue weighted by Gasteiger charge is 2.10. The van der Waals surface area contributed by atoms with E-state index >= 15 is 0 Å². The van der Waals surface area contributed by atoms with Crippen LogP contribution in [-0.2, 0) is 6.42 Å². The summed E-state index contributed by atoms with van der Waals surface area (Å²) in [5.74, 6) is -0.231. The van der Waals surface area contributed by atoms with Gasteiger partial charge in [0, 0.05) is 11.6 Å². The van der Waals surface area contributed by atoms with Gasteiger partial charge < -0.3 is 5.73 Å². The summed E-state index contributed by atoms with van der Waals surface area (Å²) in [6.07, 6.45) is 0.655. The Morgan fingerprint density at radius 3 is 2.25 bits per heavy atom. The fourth-order valence-corrected chi connectivity index (χ4v) is 1.75. The smallest absolute Gasteiger partial charge is 0.127 e. The van der Waals surface area contributed by atoms with Crippen LogP contribution in [-0.4, -0.2) is 0 Å². The van der Waals surface area contributed by atoms with Crippen molar-refractivity contribution < 1.29 is 4.39 Å². The Morgan fingerprint density at radius 1 is 0.938 bits per heavy atom. The van der Waals surface area contributed by atoms with E-state index in [-0.39, 0.29) is 11.9 Å².